The van der Waals surface area contributed by atoms with Crippen LogP contribution in [-0.4, -0.2) is 35.0 Å². The van der Waals surface area contributed by atoms with Crippen molar-refractivity contribution < 1.29 is 27.8 Å². The molecule has 1 aliphatic rings. The molecular weight excluding hydrogens is 476 g/mol. The van der Waals surface area contributed by atoms with Crippen molar-refractivity contribution in [2.75, 3.05) is 7.11 Å². The van der Waals surface area contributed by atoms with E-state index in [9.17, 15) is 23.1 Å². The molecule has 0 fully saturated rings. The highest BCUT2D eigenvalue weighted by atomic mass is 127. The van der Waals surface area contributed by atoms with E-state index in [1.54, 1.807) is 12.1 Å². The third-order valence-corrected chi connectivity index (χ3v) is 4.87. The predicted molar refractivity (Wildman–Crippen MR) is 100 cm³/mol. The van der Waals surface area contributed by atoms with Gasteiger partial charge < -0.3 is 9.84 Å². The van der Waals surface area contributed by atoms with Crippen LogP contribution in [0.1, 0.15) is 22.3 Å². The second-order valence-corrected chi connectivity index (χ2v) is 7.14. The van der Waals surface area contributed by atoms with Crippen LogP contribution in [-0.2, 0) is 5.72 Å². The largest absolute Gasteiger partial charge is 0.497 e. The number of carbonyl (C=O) groups excluding carboxylic acids is 1. The first-order valence-corrected chi connectivity index (χ1v) is 8.85. The lowest BCUT2D eigenvalue weighted by molar-refractivity contribution is -0.0816. The average molecular weight is 490 g/mol. The minimum atomic E-state index is -4.76. The first kappa shape index (κ1) is 19.6. The van der Waals surface area contributed by atoms with Gasteiger partial charge in [0.15, 0.2) is 5.72 Å². The number of hydrogen-bond donors (Lipinski definition) is 1. The van der Waals surface area contributed by atoms with E-state index in [1.165, 1.54) is 43.5 Å². The molecule has 142 valence electrons. The van der Waals surface area contributed by atoms with Gasteiger partial charge in [-0.15, -0.1) is 0 Å². The zero-order valence-electron chi connectivity index (χ0n) is 14.0. The Labute approximate surface area is 166 Å². The van der Waals surface area contributed by atoms with Gasteiger partial charge in [-0.05, 0) is 59.0 Å². The number of methoxy groups -OCH3 is 1. The molecule has 3 rings (SSSR count). The summed E-state index contributed by atoms with van der Waals surface area (Å²) < 4.78 is 45.6. The molecule has 0 unspecified atom stereocenters. The quantitative estimate of drug-likeness (QED) is 0.665. The van der Waals surface area contributed by atoms with Crippen LogP contribution in [0, 0.1) is 3.57 Å². The number of hydrogen-bond acceptors (Lipinski definition) is 4. The molecule has 2 aromatic carbocycles. The summed E-state index contributed by atoms with van der Waals surface area (Å²) in [6.07, 6.45) is -5.62. The minimum Gasteiger partial charge on any atom is -0.497 e. The van der Waals surface area contributed by atoms with E-state index in [1.807, 2.05) is 22.6 Å². The van der Waals surface area contributed by atoms with Crippen LogP contribution in [0.3, 0.4) is 0 Å². The summed E-state index contributed by atoms with van der Waals surface area (Å²) in [7, 11) is 1.44. The molecule has 0 radical (unpaired) electrons. The van der Waals surface area contributed by atoms with Gasteiger partial charge in [0, 0.05) is 14.7 Å². The number of carbonyl (C=O) groups is 1. The maximum absolute atomic E-state index is 13.2. The van der Waals surface area contributed by atoms with Gasteiger partial charge in [-0.2, -0.15) is 23.3 Å². The van der Waals surface area contributed by atoms with Crippen LogP contribution in [0.4, 0.5) is 13.2 Å². The average Bonchev–Trinajstić information content (AvgIpc) is 3.01. The molecule has 5 nitrogen and oxygen atoms in total. The Morgan fingerprint density at radius 2 is 1.78 bits per heavy atom. The number of hydrazone groups is 1. The number of amides is 1. The van der Waals surface area contributed by atoms with Crippen molar-refractivity contribution in [1.29, 1.82) is 0 Å². The molecular formula is C18H14F3IN2O3. The van der Waals surface area contributed by atoms with Crippen molar-refractivity contribution in [2.24, 2.45) is 5.10 Å². The SMILES string of the molecule is COc1ccc([C@]2(O)CC(C(F)(F)F)=NN2C(=O)c2ccc(I)cc2)cc1. The first-order valence-electron chi connectivity index (χ1n) is 7.77. The molecule has 1 aliphatic heterocycles. The predicted octanol–water partition coefficient (Wildman–Crippen LogP) is 3.91. The molecule has 1 heterocycles. The highest BCUT2D eigenvalue weighted by Gasteiger charge is 2.53. The summed E-state index contributed by atoms with van der Waals surface area (Å²) in [5.74, 6) is -0.364. The fraction of sp³-hybridized carbons (Fsp3) is 0.222. The van der Waals surface area contributed by atoms with Gasteiger partial charge in [0.05, 0.1) is 13.5 Å². The van der Waals surface area contributed by atoms with E-state index in [2.05, 4.69) is 5.10 Å². The molecule has 0 saturated heterocycles. The molecule has 1 N–H and O–H groups in total. The third-order valence-electron chi connectivity index (χ3n) is 4.15. The number of alkyl halides is 3. The number of benzene rings is 2. The van der Waals surface area contributed by atoms with Gasteiger partial charge in [0.2, 0.25) is 0 Å². The topological polar surface area (TPSA) is 62.1 Å². The second-order valence-electron chi connectivity index (χ2n) is 5.89. The fourth-order valence-corrected chi connectivity index (χ4v) is 3.07. The van der Waals surface area contributed by atoms with Crippen LogP contribution >= 0.6 is 22.6 Å². The summed E-state index contributed by atoms with van der Waals surface area (Å²) in [5, 5.41) is 15.0. The number of halogens is 4. The Balaban J connectivity index is 2.05. The first-order chi connectivity index (χ1) is 12.6. The van der Waals surface area contributed by atoms with E-state index < -0.39 is 29.9 Å². The molecule has 1 amide bonds. The van der Waals surface area contributed by atoms with Gasteiger partial charge in [0.25, 0.3) is 5.91 Å². The Morgan fingerprint density at radius 1 is 1.19 bits per heavy atom. The number of rotatable bonds is 3. The summed E-state index contributed by atoms with van der Waals surface area (Å²) in [6.45, 7) is 0. The Morgan fingerprint density at radius 3 is 2.30 bits per heavy atom. The molecule has 0 aromatic heterocycles. The lowest BCUT2D eigenvalue weighted by Gasteiger charge is -2.31. The van der Waals surface area contributed by atoms with Crippen LogP contribution in [0.15, 0.2) is 53.6 Å². The summed E-state index contributed by atoms with van der Waals surface area (Å²) in [4.78, 5) is 12.8. The molecule has 0 spiro atoms. The fourth-order valence-electron chi connectivity index (χ4n) is 2.71. The lowest BCUT2D eigenvalue weighted by atomic mass is 9.96. The highest BCUT2D eigenvalue weighted by molar-refractivity contribution is 14.1. The van der Waals surface area contributed by atoms with Crippen LogP contribution < -0.4 is 4.74 Å². The smallest absolute Gasteiger partial charge is 0.431 e. The van der Waals surface area contributed by atoms with E-state index in [4.69, 9.17) is 4.74 Å². The number of nitrogens with zero attached hydrogens (tertiary/aromatic N) is 2. The molecule has 0 saturated carbocycles. The molecule has 1 atom stereocenters. The Bertz CT molecular complexity index is 882. The van der Waals surface area contributed by atoms with E-state index in [-0.39, 0.29) is 11.1 Å². The standard InChI is InChI=1S/C18H14F3IN2O3/c1-27-14-8-4-12(5-9-14)17(26)10-15(18(19,20)21)23-24(17)16(25)11-2-6-13(22)7-3-11/h2-9,26H,10H2,1H3/t17-/m1/s1. The van der Waals surface area contributed by atoms with Crippen LogP contribution in [0.5, 0.6) is 5.75 Å². The summed E-state index contributed by atoms with van der Waals surface area (Å²) >= 11 is 2.04. The maximum Gasteiger partial charge on any atom is 0.431 e. The molecule has 9 heteroatoms. The summed E-state index contributed by atoms with van der Waals surface area (Å²) in [6, 6.07) is 12.0. The molecule has 0 bridgehead atoms. The normalized spacial score (nSPS) is 19.8. The van der Waals surface area contributed by atoms with Gasteiger partial charge >= 0.3 is 6.18 Å². The summed E-state index contributed by atoms with van der Waals surface area (Å²) in [5.41, 5.74) is -3.25. The highest BCUT2D eigenvalue weighted by Crippen LogP contribution is 2.40. The van der Waals surface area contributed by atoms with Crippen molar-refractivity contribution >= 4 is 34.2 Å². The van der Waals surface area contributed by atoms with E-state index in [0.717, 1.165) is 3.57 Å². The minimum absolute atomic E-state index is 0.102. The Kier molecular flexibility index (Phi) is 5.17. The van der Waals surface area contributed by atoms with Gasteiger partial charge in [0.1, 0.15) is 11.5 Å². The van der Waals surface area contributed by atoms with E-state index in [0.29, 0.717) is 10.8 Å². The third kappa shape index (κ3) is 3.79. The number of ether oxygens (including phenoxy) is 1. The number of aliphatic hydroxyl groups is 1. The monoisotopic (exact) mass is 490 g/mol. The van der Waals surface area contributed by atoms with Crippen LogP contribution in [0.25, 0.3) is 0 Å². The van der Waals surface area contributed by atoms with Gasteiger partial charge in [-0.1, -0.05) is 12.1 Å². The lowest BCUT2D eigenvalue weighted by Crippen LogP contribution is -2.43. The van der Waals surface area contributed by atoms with Crippen molar-refractivity contribution in [1.82, 2.24) is 5.01 Å². The zero-order valence-corrected chi connectivity index (χ0v) is 16.2. The van der Waals surface area contributed by atoms with E-state index >= 15 is 0 Å². The van der Waals surface area contributed by atoms with Gasteiger partial charge in [-0.25, -0.2) is 0 Å². The molecule has 0 aliphatic carbocycles. The van der Waals surface area contributed by atoms with Crippen LogP contribution in [0.2, 0.25) is 0 Å². The Hall–Kier alpha value is -2.14. The molecule has 27 heavy (non-hydrogen) atoms. The zero-order chi connectivity index (χ0) is 19.8. The van der Waals surface area contributed by atoms with Crippen molar-refractivity contribution in [3.63, 3.8) is 0 Å². The van der Waals surface area contributed by atoms with Crippen molar-refractivity contribution in [3.8, 4) is 5.75 Å². The molecule has 2 aromatic rings. The maximum atomic E-state index is 13.2. The van der Waals surface area contributed by atoms with Crippen molar-refractivity contribution in [2.45, 2.75) is 18.3 Å². The van der Waals surface area contributed by atoms with Crippen molar-refractivity contribution in [3.05, 3.63) is 63.2 Å². The second kappa shape index (κ2) is 7.12. The van der Waals surface area contributed by atoms with Gasteiger partial charge in [-0.3, -0.25) is 4.79 Å².